The summed E-state index contributed by atoms with van der Waals surface area (Å²) in [6, 6.07) is 0. The molecule has 2 saturated carbocycles. The van der Waals surface area contributed by atoms with Gasteiger partial charge in [-0.05, 0) is 38.0 Å². The van der Waals surface area contributed by atoms with E-state index in [1.54, 1.807) is 6.92 Å². The van der Waals surface area contributed by atoms with Gasteiger partial charge in [0.15, 0.2) is 0 Å². The number of carbonyl (C=O) groups is 1. The molecule has 2 rings (SSSR count). The summed E-state index contributed by atoms with van der Waals surface area (Å²) in [7, 11) is 0. The molecule has 11 heavy (non-hydrogen) atoms. The van der Waals surface area contributed by atoms with E-state index in [4.69, 9.17) is 0 Å². The fourth-order valence-corrected chi connectivity index (χ4v) is 3.07. The maximum absolute atomic E-state index is 11.2. The highest BCUT2D eigenvalue weighted by Crippen LogP contribution is 2.47. The van der Waals surface area contributed by atoms with Gasteiger partial charge in [-0.25, -0.2) is 0 Å². The zero-order chi connectivity index (χ0) is 7.84. The summed E-state index contributed by atoms with van der Waals surface area (Å²) in [4.78, 5) is 11.2. The van der Waals surface area contributed by atoms with Gasteiger partial charge in [-0.2, -0.15) is 0 Å². The average Bonchev–Trinajstić information content (AvgIpc) is 2.41. The summed E-state index contributed by atoms with van der Waals surface area (Å²) in [5.74, 6) is 2.60. The summed E-state index contributed by atoms with van der Waals surface area (Å²) in [5.41, 5.74) is 0. The molecule has 0 amide bonds. The number of rotatable bonds is 1. The third-order valence-electron chi connectivity index (χ3n) is 3.61. The van der Waals surface area contributed by atoms with Gasteiger partial charge in [-0.3, -0.25) is 4.79 Å². The number of Topliss-reactive ketones (excluding diaryl/α,β-unsaturated/α-hetero) is 1. The standard InChI is InChI=1S/C10H16O/c1-7(11)9-6-5-8-3-2-4-10(8)9/h8-10H,2-6H2,1H3/t8-,9-,10-/m1/s1. The van der Waals surface area contributed by atoms with Gasteiger partial charge in [0.25, 0.3) is 0 Å². The Morgan fingerprint density at radius 1 is 1.18 bits per heavy atom. The first-order valence-corrected chi connectivity index (χ1v) is 4.79. The summed E-state index contributed by atoms with van der Waals surface area (Å²) >= 11 is 0. The van der Waals surface area contributed by atoms with Crippen LogP contribution < -0.4 is 0 Å². The van der Waals surface area contributed by atoms with Gasteiger partial charge in [0.05, 0.1) is 0 Å². The molecule has 1 nitrogen and oxygen atoms in total. The van der Waals surface area contributed by atoms with Crippen LogP contribution in [0, 0.1) is 17.8 Å². The molecule has 0 bridgehead atoms. The lowest BCUT2D eigenvalue weighted by Gasteiger charge is -2.14. The predicted octanol–water partition coefficient (Wildman–Crippen LogP) is 2.40. The third kappa shape index (κ3) is 1.11. The number of fused-ring (bicyclic) bond motifs is 1. The Morgan fingerprint density at radius 3 is 2.73 bits per heavy atom. The van der Waals surface area contributed by atoms with Crippen molar-refractivity contribution in [3.8, 4) is 0 Å². The second-order valence-electron chi connectivity index (χ2n) is 4.15. The molecule has 0 saturated heterocycles. The molecule has 0 aliphatic heterocycles. The predicted molar refractivity (Wildman–Crippen MR) is 44.2 cm³/mol. The van der Waals surface area contributed by atoms with E-state index in [0.29, 0.717) is 11.7 Å². The monoisotopic (exact) mass is 152 g/mol. The highest BCUT2D eigenvalue weighted by Gasteiger charge is 2.40. The summed E-state index contributed by atoms with van der Waals surface area (Å²) in [6.45, 7) is 1.77. The van der Waals surface area contributed by atoms with Crippen LogP contribution in [0.2, 0.25) is 0 Å². The second-order valence-corrected chi connectivity index (χ2v) is 4.15. The van der Waals surface area contributed by atoms with Crippen molar-refractivity contribution in [2.45, 2.75) is 39.0 Å². The van der Waals surface area contributed by atoms with Crippen LogP contribution >= 0.6 is 0 Å². The maximum atomic E-state index is 11.2. The highest BCUT2D eigenvalue weighted by atomic mass is 16.1. The number of hydrogen-bond donors (Lipinski definition) is 0. The third-order valence-corrected chi connectivity index (χ3v) is 3.61. The number of ketones is 1. The van der Waals surface area contributed by atoms with E-state index in [2.05, 4.69) is 0 Å². The molecule has 2 aliphatic rings. The molecule has 0 heterocycles. The van der Waals surface area contributed by atoms with Crippen molar-refractivity contribution in [3.63, 3.8) is 0 Å². The van der Waals surface area contributed by atoms with E-state index in [1.165, 1.54) is 32.1 Å². The van der Waals surface area contributed by atoms with Gasteiger partial charge in [0, 0.05) is 5.92 Å². The first kappa shape index (κ1) is 7.33. The van der Waals surface area contributed by atoms with Crippen LogP contribution in [-0.4, -0.2) is 5.78 Å². The first-order valence-electron chi connectivity index (χ1n) is 4.79. The minimum absolute atomic E-state index is 0.444. The Balaban J connectivity index is 2.08. The SMILES string of the molecule is CC(=O)[C@H]1CC[C@H]2CCC[C@H]21. The molecule has 2 fully saturated rings. The zero-order valence-electron chi connectivity index (χ0n) is 7.18. The number of hydrogen-bond acceptors (Lipinski definition) is 1. The quantitative estimate of drug-likeness (QED) is 0.564. The highest BCUT2D eigenvalue weighted by molar-refractivity contribution is 5.79. The Kier molecular flexibility index (Phi) is 1.74. The normalized spacial score (nSPS) is 42.5. The molecule has 0 unspecified atom stereocenters. The van der Waals surface area contributed by atoms with Crippen LogP contribution in [0.4, 0.5) is 0 Å². The van der Waals surface area contributed by atoms with E-state index in [-0.39, 0.29) is 0 Å². The fourth-order valence-electron chi connectivity index (χ4n) is 3.07. The van der Waals surface area contributed by atoms with Gasteiger partial charge in [0.1, 0.15) is 5.78 Å². The molecule has 1 heteroatoms. The van der Waals surface area contributed by atoms with Gasteiger partial charge in [-0.1, -0.05) is 12.8 Å². The molecule has 3 atom stereocenters. The van der Waals surface area contributed by atoms with Crippen molar-refractivity contribution in [2.75, 3.05) is 0 Å². The van der Waals surface area contributed by atoms with Gasteiger partial charge in [-0.15, -0.1) is 0 Å². The molecule has 0 aromatic carbocycles. The van der Waals surface area contributed by atoms with E-state index in [9.17, 15) is 4.79 Å². The topological polar surface area (TPSA) is 17.1 Å². The molecular weight excluding hydrogens is 136 g/mol. The van der Waals surface area contributed by atoms with Crippen LogP contribution in [0.15, 0.2) is 0 Å². The lowest BCUT2D eigenvalue weighted by Crippen LogP contribution is -2.16. The van der Waals surface area contributed by atoms with Crippen LogP contribution in [0.5, 0.6) is 0 Å². The van der Waals surface area contributed by atoms with Crippen LogP contribution in [0.1, 0.15) is 39.0 Å². The Morgan fingerprint density at radius 2 is 2.00 bits per heavy atom. The molecule has 0 aromatic heterocycles. The van der Waals surface area contributed by atoms with Crippen LogP contribution in [0.3, 0.4) is 0 Å². The molecule has 62 valence electrons. The average molecular weight is 152 g/mol. The van der Waals surface area contributed by atoms with E-state index >= 15 is 0 Å². The van der Waals surface area contributed by atoms with Gasteiger partial charge < -0.3 is 0 Å². The Hall–Kier alpha value is -0.330. The van der Waals surface area contributed by atoms with Crippen molar-refractivity contribution in [1.29, 1.82) is 0 Å². The summed E-state index contributed by atoms with van der Waals surface area (Å²) in [5, 5.41) is 0. The molecular formula is C10H16O. The zero-order valence-corrected chi connectivity index (χ0v) is 7.18. The van der Waals surface area contributed by atoms with E-state index < -0.39 is 0 Å². The maximum Gasteiger partial charge on any atom is 0.133 e. The Labute approximate surface area is 68.2 Å². The van der Waals surface area contributed by atoms with Crippen molar-refractivity contribution in [3.05, 3.63) is 0 Å². The van der Waals surface area contributed by atoms with E-state index in [0.717, 1.165) is 11.8 Å². The Bertz CT molecular complexity index is 174. The summed E-state index contributed by atoms with van der Waals surface area (Å²) in [6.07, 6.45) is 6.61. The van der Waals surface area contributed by atoms with Crippen molar-refractivity contribution in [2.24, 2.45) is 17.8 Å². The van der Waals surface area contributed by atoms with Gasteiger partial charge in [0.2, 0.25) is 0 Å². The second kappa shape index (κ2) is 2.62. The largest absolute Gasteiger partial charge is 0.300 e. The van der Waals surface area contributed by atoms with E-state index in [1.807, 2.05) is 0 Å². The van der Waals surface area contributed by atoms with Crippen LogP contribution in [0.25, 0.3) is 0 Å². The smallest absolute Gasteiger partial charge is 0.133 e. The van der Waals surface area contributed by atoms with Crippen molar-refractivity contribution >= 4 is 5.78 Å². The lowest BCUT2D eigenvalue weighted by atomic mass is 9.89. The molecule has 0 radical (unpaired) electrons. The molecule has 0 aromatic rings. The van der Waals surface area contributed by atoms with Crippen LogP contribution in [-0.2, 0) is 4.79 Å². The van der Waals surface area contributed by atoms with Crippen molar-refractivity contribution < 1.29 is 4.79 Å². The molecule has 0 spiro atoms. The lowest BCUT2D eigenvalue weighted by molar-refractivity contribution is -0.121. The summed E-state index contributed by atoms with van der Waals surface area (Å²) < 4.78 is 0. The molecule has 2 aliphatic carbocycles. The van der Waals surface area contributed by atoms with Crippen molar-refractivity contribution in [1.82, 2.24) is 0 Å². The first-order chi connectivity index (χ1) is 5.29. The molecule has 0 N–H and O–H groups in total. The minimum atomic E-state index is 0.444. The minimum Gasteiger partial charge on any atom is -0.300 e. The number of carbonyl (C=O) groups excluding carboxylic acids is 1. The fraction of sp³-hybridized carbons (Fsp3) is 0.900. The van der Waals surface area contributed by atoms with Gasteiger partial charge >= 0.3 is 0 Å².